The van der Waals surface area contributed by atoms with Crippen LogP contribution in [0.2, 0.25) is 5.02 Å². The molecule has 0 amide bonds. The maximum Gasteiger partial charge on any atom is 0.230 e. The molecule has 2 heterocycles. The van der Waals surface area contributed by atoms with Gasteiger partial charge >= 0.3 is 0 Å². The third-order valence-corrected chi connectivity index (χ3v) is 4.35. The number of aliphatic imine (C=N–C) groups is 2. The van der Waals surface area contributed by atoms with E-state index in [9.17, 15) is 4.79 Å². The number of nitrogens with zero attached hydrogens (tertiary/aromatic N) is 5. The fourth-order valence-corrected chi connectivity index (χ4v) is 3.01. The summed E-state index contributed by atoms with van der Waals surface area (Å²) < 4.78 is 0. The number of allylic oxidation sites excluding steroid dienone is 1. The first-order valence-electron chi connectivity index (χ1n) is 8.79. The highest BCUT2D eigenvalue weighted by atomic mass is 35.5. The minimum Gasteiger partial charge on any atom is -0.354 e. The zero-order chi connectivity index (χ0) is 20.1. The molecule has 0 saturated heterocycles. The molecule has 1 N–H and O–H groups in total. The van der Waals surface area contributed by atoms with Crippen LogP contribution in [0.5, 0.6) is 0 Å². The van der Waals surface area contributed by atoms with Crippen molar-refractivity contribution in [1.29, 1.82) is 0 Å². The Morgan fingerprint density at radius 2 is 2.18 bits per heavy atom. The first kappa shape index (κ1) is 19.7. The molecule has 28 heavy (non-hydrogen) atoms. The molecule has 0 spiro atoms. The summed E-state index contributed by atoms with van der Waals surface area (Å²) in [5.41, 5.74) is 1.99. The van der Waals surface area contributed by atoms with Crippen LogP contribution in [-0.4, -0.2) is 41.0 Å². The molecule has 2 aromatic rings. The van der Waals surface area contributed by atoms with Crippen LogP contribution in [0.15, 0.2) is 53.1 Å². The molecule has 144 valence electrons. The summed E-state index contributed by atoms with van der Waals surface area (Å²) in [6.45, 7) is 5.98. The molecule has 7 nitrogen and oxygen atoms in total. The summed E-state index contributed by atoms with van der Waals surface area (Å²) in [7, 11) is 1.90. The third-order valence-electron chi connectivity index (χ3n) is 4.08. The normalized spacial score (nSPS) is 15.2. The molecule has 3 rings (SSSR count). The van der Waals surface area contributed by atoms with Gasteiger partial charge in [-0.2, -0.15) is 4.98 Å². The Morgan fingerprint density at radius 3 is 2.89 bits per heavy atom. The van der Waals surface area contributed by atoms with Crippen molar-refractivity contribution >= 4 is 41.2 Å². The Labute approximate surface area is 168 Å². The number of hydrogen-bond donors (Lipinski definition) is 1. The first-order chi connectivity index (χ1) is 13.4. The maximum atomic E-state index is 11.6. The summed E-state index contributed by atoms with van der Waals surface area (Å²) in [5.74, 6) is 1.60. The SMILES string of the molecule is C=CC(=O)Cc1cccc(CN(C)c2nc(NC3=NC(C)N=C3)ncc2Cl)c1. The van der Waals surface area contributed by atoms with Gasteiger partial charge in [-0.05, 0) is 24.1 Å². The van der Waals surface area contributed by atoms with E-state index in [2.05, 4.69) is 31.8 Å². The Hall–Kier alpha value is -3.06. The fourth-order valence-electron chi connectivity index (χ4n) is 2.77. The van der Waals surface area contributed by atoms with Crippen molar-refractivity contribution in [2.45, 2.75) is 26.1 Å². The second-order valence-electron chi connectivity index (χ2n) is 6.44. The van der Waals surface area contributed by atoms with Gasteiger partial charge in [-0.25, -0.2) is 9.98 Å². The number of amidine groups is 1. The van der Waals surface area contributed by atoms with Gasteiger partial charge in [-0.15, -0.1) is 0 Å². The number of halogens is 1. The number of hydrogen-bond acceptors (Lipinski definition) is 7. The van der Waals surface area contributed by atoms with Gasteiger partial charge in [-0.3, -0.25) is 9.79 Å². The van der Waals surface area contributed by atoms with Gasteiger partial charge in [0.05, 0.1) is 12.4 Å². The monoisotopic (exact) mass is 396 g/mol. The summed E-state index contributed by atoms with van der Waals surface area (Å²) in [6, 6.07) is 7.85. The number of aromatic nitrogens is 2. The Kier molecular flexibility index (Phi) is 6.16. The van der Waals surface area contributed by atoms with Gasteiger partial charge in [0, 0.05) is 20.0 Å². The minimum absolute atomic E-state index is 0.00671. The quantitative estimate of drug-likeness (QED) is 0.726. The van der Waals surface area contributed by atoms with E-state index >= 15 is 0 Å². The maximum absolute atomic E-state index is 11.6. The Bertz CT molecular complexity index is 955. The first-order valence-corrected chi connectivity index (χ1v) is 9.17. The number of ketones is 1. The molecule has 1 atom stereocenters. The number of carbonyl (C=O) groups excluding carboxylic acids is 1. The van der Waals surface area contributed by atoms with Crippen LogP contribution >= 0.6 is 11.6 Å². The number of nitrogens with one attached hydrogen (secondary N) is 1. The van der Waals surface area contributed by atoms with Gasteiger partial charge in [0.15, 0.2) is 11.6 Å². The van der Waals surface area contributed by atoms with Crippen molar-refractivity contribution in [3.05, 3.63) is 59.3 Å². The van der Waals surface area contributed by atoms with Crippen molar-refractivity contribution in [2.75, 3.05) is 17.3 Å². The highest BCUT2D eigenvalue weighted by molar-refractivity contribution is 6.35. The number of carbonyl (C=O) groups is 1. The lowest BCUT2D eigenvalue weighted by Gasteiger charge is -2.20. The third kappa shape index (κ3) is 5.01. The van der Waals surface area contributed by atoms with Gasteiger partial charge in [-0.1, -0.05) is 42.4 Å². The highest BCUT2D eigenvalue weighted by Crippen LogP contribution is 2.24. The predicted molar refractivity (Wildman–Crippen MR) is 114 cm³/mol. The Morgan fingerprint density at radius 1 is 1.39 bits per heavy atom. The van der Waals surface area contributed by atoms with Crippen LogP contribution in [-0.2, 0) is 17.8 Å². The lowest BCUT2D eigenvalue weighted by molar-refractivity contribution is -0.114. The average molecular weight is 397 g/mol. The average Bonchev–Trinajstić information content (AvgIpc) is 3.08. The van der Waals surface area contributed by atoms with Crippen LogP contribution in [0.4, 0.5) is 11.8 Å². The van der Waals surface area contributed by atoms with E-state index < -0.39 is 0 Å². The highest BCUT2D eigenvalue weighted by Gasteiger charge is 2.14. The Balaban J connectivity index is 1.74. The molecule has 0 fully saturated rings. The van der Waals surface area contributed by atoms with E-state index in [1.807, 2.05) is 43.1 Å². The van der Waals surface area contributed by atoms with Gasteiger partial charge < -0.3 is 10.2 Å². The molecule has 0 bridgehead atoms. The summed E-state index contributed by atoms with van der Waals surface area (Å²) in [5, 5.41) is 3.49. The zero-order valence-electron chi connectivity index (χ0n) is 15.8. The molecular formula is C20H21ClN6O. The van der Waals surface area contributed by atoms with Crippen molar-refractivity contribution in [1.82, 2.24) is 9.97 Å². The molecule has 1 aliphatic rings. The number of anilines is 2. The smallest absolute Gasteiger partial charge is 0.230 e. The molecule has 1 aromatic heterocycles. The standard InChI is InChI=1S/C20H21ClN6O/c1-4-16(28)9-14-6-5-7-15(8-14)12-27(3)19-17(21)10-23-20(26-19)25-18-11-22-13(2)24-18/h4-8,10-11,13H,1,9,12H2,2-3H3,(H,23,24,25,26). The molecule has 0 radical (unpaired) electrons. The molecule has 1 aliphatic heterocycles. The largest absolute Gasteiger partial charge is 0.354 e. The van der Waals surface area contributed by atoms with Crippen LogP contribution in [0.1, 0.15) is 18.1 Å². The van der Waals surface area contributed by atoms with Crippen molar-refractivity contribution in [2.24, 2.45) is 9.98 Å². The van der Waals surface area contributed by atoms with Crippen molar-refractivity contribution in [3.8, 4) is 0 Å². The van der Waals surface area contributed by atoms with Crippen LogP contribution in [0.3, 0.4) is 0 Å². The van der Waals surface area contributed by atoms with Gasteiger partial charge in [0.2, 0.25) is 5.95 Å². The van der Waals surface area contributed by atoms with Gasteiger partial charge in [0.1, 0.15) is 17.0 Å². The van der Waals surface area contributed by atoms with E-state index in [1.54, 1.807) is 12.4 Å². The minimum atomic E-state index is -0.0998. The van der Waals surface area contributed by atoms with Crippen LogP contribution in [0, 0.1) is 0 Å². The number of benzene rings is 1. The second kappa shape index (κ2) is 8.75. The van der Waals surface area contributed by atoms with Crippen LogP contribution < -0.4 is 10.2 Å². The topological polar surface area (TPSA) is 82.8 Å². The van der Waals surface area contributed by atoms with E-state index in [-0.39, 0.29) is 11.9 Å². The summed E-state index contributed by atoms with van der Waals surface area (Å²) in [4.78, 5) is 30.7. The second-order valence-corrected chi connectivity index (χ2v) is 6.84. The molecule has 0 aliphatic carbocycles. The summed E-state index contributed by atoms with van der Waals surface area (Å²) in [6.07, 6.45) is 4.79. The fraction of sp³-hybridized carbons (Fsp3) is 0.250. The molecule has 1 aromatic carbocycles. The van der Waals surface area contributed by atoms with E-state index in [1.165, 1.54) is 6.08 Å². The van der Waals surface area contributed by atoms with Crippen LogP contribution in [0.25, 0.3) is 0 Å². The van der Waals surface area contributed by atoms with E-state index in [0.717, 1.165) is 11.1 Å². The zero-order valence-corrected chi connectivity index (χ0v) is 16.5. The van der Waals surface area contributed by atoms with Gasteiger partial charge in [0.25, 0.3) is 0 Å². The number of rotatable bonds is 7. The summed E-state index contributed by atoms with van der Waals surface area (Å²) >= 11 is 6.31. The lowest BCUT2D eigenvalue weighted by Crippen LogP contribution is -2.20. The van der Waals surface area contributed by atoms with E-state index in [4.69, 9.17) is 11.6 Å². The van der Waals surface area contributed by atoms with E-state index in [0.29, 0.717) is 35.6 Å². The molecule has 8 heteroatoms. The molecule has 1 unspecified atom stereocenters. The van der Waals surface area contributed by atoms with Crippen molar-refractivity contribution in [3.63, 3.8) is 0 Å². The lowest BCUT2D eigenvalue weighted by atomic mass is 10.1. The molecule has 0 saturated carbocycles. The van der Waals surface area contributed by atoms with Crippen molar-refractivity contribution < 1.29 is 4.79 Å². The predicted octanol–water partition coefficient (Wildman–Crippen LogP) is 3.30. The molecular weight excluding hydrogens is 376 g/mol.